The van der Waals surface area contributed by atoms with Crippen LogP contribution >= 0.6 is 0 Å². The van der Waals surface area contributed by atoms with E-state index < -0.39 is 10.0 Å². The van der Waals surface area contributed by atoms with Crippen LogP contribution in [0.15, 0.2) is 84.9 Å². The summed E-state index contributed by atoms with van der Waals surface area (Å²) in [6, 6.07) is 25.9. The molecule has 0 atom stereocenters. The van der Waals surface area contributed by atoms with E-state index in [4.69, 9.17) is 4.74 Å². The fraction of sp³-hybridized carbons (Fsp3) is 0.100. The van der Waals surface area contributed by atoms with Crippen molar-refractivity contribution in [1.82, 2.24) is 0 Å². The van der Waals surface area contributed by atoms with Gasteiger partial charge in [-0.1, -0.05) is 60.7 Å². The van der Waals surface area contributed by atoms with Gasteiger partial charge >= 0.3 is 0 Å². The maximum absolute atomic E-state index is 12.2. The molecule has 4 nitrogen and oxygen atoms in total. The SMILES string of the molecule is O=S(=O)(Cc1ccccc1)Nc1ccc(OCc2ccccc2)cc1. The molecule has 3 aromatic rings. The minimum absolute atomic E-state index is 0.0555. The van der Waals surface area contributed by atoms with E-state index in [1.54, 1.807) is 36.4 Å². The first kappa shape index (κ1) is 17.0. The molecule has 0 aliphatic rings. The molecular weight excluding hydrogens is 334 g/mol. The van der Waals surface area contributed by atoms with Gasteiger partial charge in [0.2, 0.25) is 10.0 Å². The van der Waals surface area contributed by atoms with Gasteiger partial charge in [0.1, 0.15) is 12.4 Å². The van der Waals surface area contributed by atoms with E-state index in [9.17, 15) is 8.42 Å². The van der Waals surface area contributed by atoms with E-state index in [0.717, 1.165) is 11.1 Å². The number of anilines is 1. The van der Waals surface area contributed by atoms with Crippen molar-refractivity contribution in [2.45, 2.75) is 12.4 Å². The summed E-state index contributed by atoms with van der Waals surface area (Å²) in [5, 5.41) is 0. The molecule has 1 N–H and O–H groups in total. The number of sulfonamides is 1. The molecule has 3 aromatic carbocycles. The molecule has 0 aromatic heterocycles. The monoisotopic (exact) mass is 353 g/mol. The highest BCUT2D eigenvalue weighted by Crippen LogP contribution is 2.19. The summed E-state index contributed by atoms with van der Waals surface area (Å²) in [6.45, 7) is 0.472. The molecule has 0 amide bonds. The Labute approximate surface area is 148 Å². The highest BCUT2D eigenvalue weighted by Gasteiger charge is 2.11. The summed E-state index contributed by atoms with van der Waals surface area (Å²) in [7, 11) is -3.45. The zero-order chi connectivity index (χ0) is 17.5. The zero-order valence-electron chi connectivity index (χ0n) is 13.6. The quantitative estimate of drug-likeness (QED) is 0.692. The van der Waals surface area contributed by atoms with Gasteiger partial charge in [0.15, 0.2) is 0 Å². The van der Waals surface area contributed by atoms with Crippen molar-refractivity contribution in [3.8, 4) is 5.75 Å². The number of nitrogens with one attached hydrogen (secondary N) is 1. The number of ether oxygens (including phenoxy) is 1. The van der Waals surface area contributed by atoms with E-state index >= 15 is 0 Å². The lowest BCUT2D eigenvalue weighted by molar-refractivity contribution is 0.306. The highest BCUT2D eigenvalue weighted by molar-refractivity contribution is 7.91. The average molecular weight is 353 g/mol. The van der Waals surface area contributed by atoms with Crippen LogP contribution in [0.25, 0.3) is 0 Å². The number of rotatable bonds is 7. The van der Waals surface area contributed by atoms with E-state index in [1.165, 1.54) is 0 Å². The molecule has 0 aliphatic carbocycles. The lowest BCUT2D eigenvalue weighted by Crippen LogP contribution is -2.14. The number of benzene rings is 3. The first-order valence-electron chi connectivity index (χ1n) is 7.92. The van der Waals surface area contributed by atoms with Crippen molar-refractivity contribution in [3.05, 3.63) is 96.1 Å². The summed E-state index contributed by atoms with van der Waals surface area (Å²) in [5.41, 5.74) is 2.34. The molecule has 0 saturated heterocycles. The van der Waals surface area contributed by atoms with Crippen molar-refractivity contribution in [1.29, 1.82) is 0 Å². The molecule has 0 saturated carbocycles. The minimum atomic E-state index is -3.45. The topological polar surface area (TPSA) is 55.4 Å². The molecule has 5 heteroatoms. The molecule has 0 radical (unpaired) electrons. The van der Waals surface area contributed by atoms with Crippen LogP contribution in [0.1, 0.15) is 11.1 Å². The van der Waals surface area contributed by atoms with Crippen LogP contribution in [0.5, 0.6) is 5.75 Å². The normalized spacial score (nSPS) is 11.0. The third-order valence-electron chi connectivity index (χ3n) is 3.58. The standard InChI is InChI=1S/C20H19NO3S/c22-25(23,16-18-9-5-2-6-10-18)21-19-11-13-20(14-12-19)24-15-17-7-3-1-4-8-17/h1-14,21H,15-16H2. The Morgan fingerprint density at radius 3 is 1.88 bits per heavy atom. The van der Waals surface area contributed by atoms with Crippen molar-refractivity contribution in [2.75, 3.05) is 4.72 Å². The summed E-state index contributed by atoms with van der Waals surface area (Å²) >= 11 is 0. The summed E-state index contributed by atoms with van der Waals surface area (Å²) in [5.74, 6) is 0.634. The highest BCUT2D eigenvalue weighted by atomic mass is 32.2. The summed E-state index contributed by atoms with van der Waals surface area (Å²) in [6.07, 6.45) is 0. The molecule has 0 fully saturated rings. The van der Waals surface area contributed by atoms with Crippen LogP contribution in [-0.4, -0.2) is 8.42 Å². The van der Waals surface area contributed by atoms with Gasteiger partial charge in [-0.15, -0.1) is 0 Å². The van der Waals surface area contributed by atoms with Crippen molar-refractivity contribution in [2.24, 2.45) is 0 Å². The number of hydrogen-bond donors (Lipinski definition) is 1. The van der Waals surface area contributed by atoms with Crippen molar-refractivity contribution >= 4 is 15.7 Å². The Morgan fingerprint density at radius 2 is 1.28 bits per heavy atom. The first-order chi connectivity index (χ1) is 12.1. The van der Waals surface area contributed by atoms with E-state index in [0.29, 0.717) is 18.0 Å². The number of hydrogen-bond acceptors (Lipinski definition) is 3. The zero-order valence-corrected chi connectivity index (χ0v) is 14.4. The fourth-order valence-electron chi connectivity index (χ4n) is 2.37. The average Bonchev–Trinajstić information content (AvgIpc) is 2.62. The first-order valence-corrected chi connectivity index (χ1v) is 9.57. The third kappa shape index (κ3) is 5.36. The maximum Gasteiger partial charge on any atom is 0.236 e. The van der Waals surface area contributed by atoms with Gasteiger partial charge in [0.25, 0.3) is 0 Å². The Balaban J connectivity index is 1.58. The van der Waals surface area contributed by atoms with Gasteiger partial charge < -0.3 is 4.74 Å². The van der Waals surface area contributed by atoms with Gasteiger partial charge in [0.05, 0.1) is 5.75 Å². The largest absolute Gasteiger partial charge is 0.489 e. The van der Waals surface area contributed by atoms with E-state index in [2.05, 4.69) is 4.72 Å². The smallest absolute Gasteiger partial charge is 0.236 e. The lowest BCUT2D eigenvalue weighted by atomic mass is 10.2. The molecule has 0 unspecified atom stereocenters. The predicted octanol–water partition coefficient (Wildman–Crippen LogP) is 4.21. The van der Waals surface area contributed by atoms with Gasteiger partial charge in [-0.25, -0.2) is 8.42 Å². The molecule has 0 spiro atoms. The van der Waals surface area contributed by atoms with Crippen LogP contribution < -0.4 is 9.46 Å². The molecule has 3 rings (SSSR count). The van der Waals surface area contributed by atoms with Crippen LogP contribution in [0.3, 0.4) is 0 Å². The van der Waals surface area contributed by atoms with Crippen molar-refractivity contribution < 1.29 is 13.2 Å². The van der Waals surface area contributed by atoms with Crippen LogP contribution in [-0.2, 0) is 22.4 Å². The molecule has 25 heavy (non-hydrogen) atoms. The second kappa shape index (κ2) is 7.85. The molecular formula is C20H19NO3S. The predicted molar refractivity (Wildman–Crippen MR) is 99.9 cm³/mol. The molecule has 0 bridgehead atoms. The Kier molecular flexibility index (Phi) is 5.36. The van der Waals surface area contributed by atoms with Crippen molar-refractivity contribution in [3.63, 3.8) is 0 Å². The molecule has 0 heterocycles. The Morgan fingerprint density at radius 1 is 0.720 bits per heavy atom. The third-order valence-corrected chi connectivity index (χ3v) is 4.84. The van der Waals surface area contributed by atoms with Crippen LogP contribution in [0.4, 0.5) is 5.69 Å². The fourth-order valence-corrected chi connectivity index (χ4v) is 3.57. The van der Waals surface area contributed by atoms with Gasteiger partial charge in [0, 0.05) is 5.69 Å². The molecule has 128 valence electrons. The van der Waals surface area contributed by atoms with E-state index in [1.807, 2.05) is 48.5 Å². The van der Waals surface area contributed by atoms with Crippen LogP contribution in [0.2, 0.25) is 0 Å². The lowest BCUT2D eigenvalue weighted by Gasteiger charge is -2.10. The van der Waals surface area contributed by atoms with Gasteiger partial charge in [-0.2, -0.15) is 0 Å². The summed E-state index contributed by atoms with van der Waals surface area (Å²) < 4.78 is 32.7. The van der Waals surface area contributed by atoms with Gasteiger partial charge in [-0.05, 0) is 35.4 Å². The Hall–Kier alpha value is -2.79. The maximum atomic E-state index is 12.2. The second-order valence-electron chi connectivity index (χ2n) is 5.65. The van der Waals surface area contributed by atoms with Gasteiger partial charge in [-0.3, -0.25) is 4.72 Å². The molecule has 0 aliphatic heterocycles. The van der Waals surface area contributed by atoms with E-state index in [-0.39, 0.29) is 5.75 Å². The summed E-state index contributed by atoms with van der Waals surface area (Å²) in [4.78, 5) is 0. The minimum Gasteiger partial charge on any atom is -0.489 e. The second-order valence-corrected chi connectivity index (χ2v) is 7.37. The Bertz CT molecular complexity index is 893. The van der Waals surface area contributed by atoms with Crippen LogP contribution in [0, 0.1) is 0 Å².